The molecule has 0 aliphatic rings. The fourth-order valence-corrected chi connectivity index (χ4v) is 3.18. The first-order valence-electron chi connectivity index (χ1n) is 8.67. The molecule has 0 fully saturated rings. The topological polar surface area (TPSA) is 50.2 Å². The van der Waals surface area contributed by atoms with E-state index in [0.29, 0.717) is 18.0 Å². The van der Waals surface area contributed by atoms with Crippen LogP contribution in [-0.2, 0) is 11.3 Å². The Kier molecular flexibility index (Phi) is 7.68. The molecule has 2 aromatic rings. The van der Waals surface area contributed by atoms with Crippen molar-refractivity contribution in [2.45, 2.75) is 39.3 Å². The summed E-state index contributed by atoms with van der Waals surface area (Å²) in [7, 11) is 4.06. The van der Waals surface area contributed by atoms with Crippen LogP contribution in [0.1, 0.15) is 35.8 Å². The number of carbonyl (C=O) groups is 1. The van der Waals surface area contributed by atoms with Crippen molar-refractivity contribution in [3.8, 4) is 0 Å². The quantitative estimate of drug-likeness (QED) is 0.670. The zero-order valence-corrected chi connectivity index (χ0v) is 18.1. The molecule has 1 aromatic heterocycles. The molecule has 1 atom stereocenters. The summed E-state index contributed by atoms with van der Waals surface area (Å²) in [5.74, 6) is 0.0207. The normalized spacial score (nSPS) is 12.4. The van der Waals surface area contributed by atoms with Crippen molar-refractivity contribution < 1.29 is 4.79 Å². The molecule has 0 saturated carbocycles. The molecule has 26 heavy (non-hydrogen) atoms. The maximum atomic E-state index is 12.5. The third kappa shape index (κ3) is 5.83. The van der Waals surface area contributed by atoms with Crippen molar-refractivity contribution in [2.75, 3.05) is 20.6 Å². The zero-order chi connectivity index (χ0) is 19.3. The molecule has 0 aliphatic carbocycles. The lowest BCUT2D eigenvalue weighted by atomic mass is 10.0. The number of amides is 1. The molecule has 1 aromatic carbocycles. The fraction of sp³-hybridized carbons (Fsp3) is 0.474. The number of hydrogen-bond acceptors (Lipinski definition) is 3. The van der Waals surface area contributed by atoms with Gasteiger partial charge in [-0.25, -0.2) is 0 Å². The van der Waals surface area contributed by atoms with Gasteiger partial charge in [-0.05, 0) is 74.5 Å². The van der Waals surface area contributed by atoms with Gasteiger partial charge < -0.3 is 10.2 Å². The van der Waals surface area contributed by atoms with Gasteiger partial charge in [0.1, 0.15) is 0 Å². The lowest BCUT2D eigenvalue weighted by Gasteiger charge is -2.21. The van der Waals surface area contributed by atoms with Gasteiger partial charge in [-0.15, -0.1) is 0 Å². The van der Waals surface area contributed by atoms with Crippen molar-refractivity contribution in [2.24, 2.45) is 0 Å². The van der Waals surface area contributed by atoms with Crippen molar-refractivity contribution >= 4 is 33.4 Å². The van der Waals surface area contributed by atoms with E-state index in [1.165, 1.54) is 0 Å². The van der Waals surface area contributed by atoms with Crippen LogP contribution in [0.4, 0.5) is 0 Å². The van der Waals surface area contributed by atoms with E-state index in [2.05, 4.69) is 31.2 Å². The van der Waals surface area contributed by atoms with Crippen LogP contribution in [-0.4, -0.2) is 41.2 Å². The Labute approximate surface area is 168 Å². The number of halogens is 2. The summed E-state index contributed by atoms with van der Waals surface area (Å²) in [6, 6.07) is 7.63. The van der Waals surface area contributed by atoms with Gasteiger partial charge in [0, 0.05) is 17.1 Å². The van der Waals surface area contributed by atoms with Crippen molar-refractivity contribution in [1.29, 1.82) is 0 Å². The summed E-state index contributed by atoms with van der Waals surface area (Å²) in [4.78, 5) is 14.6. The van der Waals surface area contributed by atoms with Gasteiger partial charge in [0.05, 0.1) is 22.8 Å². The summed E-state index contributed by atoms with van der Waals surface area (Å²) in [5, 5.41) is 8.31. The lowest BCUT2D eigenvalue weighted by Crippen LogP contribution is -2.31. The summed E-state index contributed by atoms with van der Waals surface area (Å²) in [6.07, 6.45) is 1.23. The number of rotatable bonds is 8. The van der Waals surface area contributed by atoms with Gasteiger partial charge in [0.15, 0.2) is 0 Å². The summed E-state index contributed by atoms with van der Waals surface area (Å²) < 4.78 is 2.87. The SMILES string of the molecule is Cc1nn(CCC(=O)NC(CCN(C)C)c2ccc(Cl)cc2)c(C)c1Br. The van der Waals surface area contributed by atoms with Gasteiger partial charge in [0.2, 0.25) is 5.91 Å². The Hall–Kier alpha value is -1.37. The largest absolute Gasteiger partial charge is 0.349 e. The monoisotopic (exact) mass is 440 g/mol. The van der Waals surface area contributed by atoms with E-state index < -0.39 is 0 Å². The maximum Gasteiger partial charge on any atom is 0.222 e. The summed E-state index contributed by atoms with van der Waals surface area (Å²) in [5.41, 5.74) is 3.04. The first-order valence-corrected chi connectivity index (χ1v) is 9.84. The number of benzene rings is 1. The van der Waals surface area contributed by atoms with E-state index in [1.807, 2.05) is 56.9 Å². The molecular weight excluding hydrogens is 416 g/mol. The summed E-state index contributed by atoms with van der Waals surface area (Å²) in [6.45, 7) is 5.39. The molecule has 5 nitrogen and oxygen atoms in total. The highest BCUT2D eigenvalue weighted by molar-refractivity contribution is 9.10. The second kappa shape index (κ2) is 9.53. The Morgan fingerprint density at radius 1 is 1.31 bits per heavy atom. The molecule has 1 N–H and O–H groups in total. The van der Waals surface area contributed by atoms with Crippen molar-refractivity contribution in [3.63, 3.8) is 0 Å². The Balaban J connectivity index is 2.00. The highest BCUT2D eigenvalue weighted by atomic mass is 79.9. The van der Waals surface area contributed by atoms with Crippen LogP contribution < -0.4 is 5.32 Å². The highest BCUT2D eigenvalue weighted by Gasteiger charge is 2.16. The minimum absolute atomic E-state index is 0.0207. The average Bonchev–Trinajstić information content (AvgIpc) is 2.84. The number of carbonyl (C=O) groups excluding carboxylic acids is 1. The number of hydrogen-bond donors (Lipinski definition) is 1. The molecule has 0 saturated heterocycles. The van der Waals surface area contributed by atoms with Crippen LogP contribution in [0.2, 0.25) is 5.02 Å². The predicted molar refractivity (Wildman–Crippen MR) is 110 cm³/mol. The van der Waals surface area contributed by atoms with E-state index >= 15 is 0 Å². The molecule has 0 spiro atoms. The van der Waals surface area contributed by atoms with Crippen LogP contribution in [0.25, 0.3) is 0 Å². The van der Waals surface area contributed by atoms with Gasteiger partial charge in [0.25, 0.3) is 0 Å². The molecule has 1 amide bonds. The van der Waals surface area contributed by atoms with Crippen LogP contribution in [0.3, 0.4) is 0 Å². The van der Waals surface area contributed by atoms with Gasteiger partial charge in [-0.2, -0.15) is 5.10 Å². The molecule has 1 unspecified atom stereocenters. The molecule has 0 aliphatic heterocycles. The maximum absolute atomic E-state index is 12.5. The molecule has 7 heteroatoms. The van der Waals surface area contributed by atoms with Gasteiger partial charge in [-0.1, -0.05) is 23.7 Å². The van der Waals surface area contributed by atoms with Gasteiger partial charge >= 0.3 is 0 Å². The van der Waals surface area contributed by atoms with E-state index in [0.717, 1.165) is 34.4 Å². The number of aryl methyl sites for hydroxylation is 2. The smallest absolute Gasteiger partial charge is 0.222 e. The van der Waals surface area contributed by atoms with Crippen LogP contribution in [0, 0.1) is 13.8 Å². The number of nitrogens with zero attached hydrogens (tertiary/aromatic N) is 3. The minimum Gasteiger partial charge on any atom is -0.349 e. The lowest BCUT2D eigenvalue weighted by molar-refractivity contribution is -0.122. The molecule has 142 valence electrons. The van der Waals surface area contributed by atoms with E-state index in [1.54, 1.807) is 0 Å². The second-order valence-electron chi connectivity index (χ2n) is 6.72. The first kappa shape index (κ1) is 20.9. The first-order chi connectivity index (χ1) is 12.3. The van der Waals surface area contributed by atoms with Crippen LogP contribution in [0.15, 0.2) is 28.7 Å². The van der Waals surface area contributed by atoms with Crippen LogP contribution in [0.5, 0.6) is 0 Å². The second-order valence-corrected chi connectivity index (χ2v) is 7.95. The molecule has 2 rings (SSSR count). The van der Waals surface area contributed by atoms with E-state index in [4.69, 9.17) is 11.6 Å². The van der Waals surface area contributed by atoms with Gasteiger partial charge in [-0.3, -0.25) is 9.48 Å². The number of aromatic nitrogens is 2. The number of nitrogens with one attached hydrogen (secondary N) is 1. The summed E-state index contributed by atoms with van der Waals surface area (Å²) >= 11 is 9.51. The predicted octanol–water partition coefficient (Wildman–Crippen LogP) is 4.12. The van der Waals surface area contributed by atoms with E-state index in [9.17, 15) is 4.79 Å². The Morgan fingerprint density at radius 3 is 2.50 bits per heavy atom. The zero-order valence-electron chi connectivity index (χ0n) is 15.7. The van der Waals surface area contributed by atoms with Crippen LogP contribution >= 0.6 is 27.5 Å². The Morgan fingerprint density at radius 2 is 1.96 bits per heavy atom. The molecule has 0 radical (unpaired) electrons. The highest BCUT2D eigenvalue weighted by Crippen LogP contribution is 2.21. The fourth-order valence-electron chi connectivity index (χ4n) is 2.77. The standard InChI is InChI=1S/C19H26BrClN4O/c1-13-19(20)14(2)25(23-13)12-10-18(26)22-17(9-11-24(3)4)15-5-7-16(21)8-6-15/h5-8,17H,9-12H2,1-4H3,(H,22,26). The minimum atomic E-state index is -0.0330. The van der Waals surface area contributed by atoms with Crippen molar-refractivity contribution in [1.82, 2.24) is 20.0 Å². The average molecular weight is 442 g/mol. The van der Waals surface area contributed by atoms with E-state index in [-0.39, 0.29) is 11.9 Å². The van der Waals surface area contributed by atoms with Crippen molar-refractivity contribution in [3.05, 3.63) is 50.7 Å². The Bertz CT molecular complexity index is 743. The molecule has 0 bridgehead atoms. The third-order valence-electron chi connectivity index (χ3n) is 4.32. The third-order valence-corrected chi connectivity index (χ3v) is 5.72. The molecule has 1 heterocycles. The molecular formula is C19H26BrClN4O.